The van der Waals surface area contributed by atoms with Crippen molar-refractivity contribution in [3.63, 3.8) is 0 Å². The summed E-state index contributed by atoms with van der Waals surface area (Å²) in [6.07, 6.45) is 1.88. The summed E-state index contributed by atoms with van der Waals surface area (Å²) in [6, 6.07) is 7.04. The molecule has 0 spiro atoms. The number of hydrogen-bond acceptors (Lipinski definition) is 4. The van der Waals surface area contributed by atoms with E-state index in [1.165, 1.54) is 0 Å². The molecule has 1 heterocycles. The number of carbonyl (C=O) groups excluding carboxylic acids is 1. The fourth-order valence-electron chi connectivity index (χ4n) is 2.58. The molecule has 1 unspecified atom stereocenters. The molecule has 1 aromatic carbocycles. The quantitative estimate of drug-likeness (QED) is 0.755. The molecule has 0 aliphatic carbocycles. The van der Waals surface area contributed by atoms with Crippen LogP contribution >= 0.6 is 0 Å². The summed E-state index contributed by atoms with van der Waals surface area (Å²) >= 11 is 0. The smallest absolute Gasteiger partial charge is 0.319 e. The number of rotatable bonds is 6. The molecule has 130 valence electrons. The highest BCUT2D eigenvalue weighted by atomic mass is 16.4. The van der Waals surface area contributed by atoms with Gasteiger partial charge in [-0.3, -0.25) is 0 Å². The van der Waals surface area contributed by atoms with Gasteiger partial charge in [-0.1, -0.05) is 19.9 Å². The van der Waals surface area contributed by atoms with E-state index >= 15 is 0 Å². The first-order chi connectivity index (χ1) is 11.2. The molecule has 2 aromatic rings. The molecule has 0 radical (unpaired) electrons. The van der Waals surface area contributed by atoms with Crippen LogP contribution in [0.4, 0.5) is 10.5 Å². The minimum atomic E-state index is -0.397. The molecule has 0 bridgehead atoms. The molecule has 2 amide bonds. The zero-order valence-corrected chi connectivity index (χ0v) is 14.6. The van der Waals surface area contributed by atoms with Crippen molar-refractivity contribution >= 4 is 11.7 Å². The fraction of sp³-hybridized carbons (Fsp3) is 0.444. The number of anilines is 1. The van der Waals surface area contributed by atoms with Crippen LogP contribution in [0.2, 0.25) is 0 Å². The standard InChI is InChI=1S/C18H25N3O3/c1-12(22)9-18(3,4)11-20-17(23)21-15-7-5-6-14(8-15)16-19-10-13(2)24-16/h5-8,10,12,22H,9,11H2,1-4H3,(H2,20,21,23). The number of hydrogen-bond donors (Lipinski definition) is 3. The third-order valence-electron chi connectivity index (χ3n) is 3.56. The average Bonchev–Trinajstić information content (AvgIpc) is 2.91. The number of aliphatic hydroxyl groups is 1. The van der Waals surface area contributed by atoms with Crippen molar-refractivity contribution in [2.24, 2.45) is 5.41 Å². The highest BCUT2D eigenvalue weighted by Crippen LogP contribution is 2.23. The van der Waals surface area contributed by atoms with Crippen molar-refractivity contribution in [3.05, 3.63) is 36.2 Å². The molecule has 0 saturated heterocycles. The number of aryl methyl sites for hydroxylation is 1. The lowest BCUT2D eigenvalue weighted by Crippen LogP contribution is -2.38. The summed E-state index contributed by atoms with van der Waals surface area (Å²) in [7, 11) is 0. The monoisotopic (exact) mass is 331 g/mol. The molecule has 1 aromatic heterocycles. The van der Waals surface area contributed by atoms with Gasteiger partial charge in [0.2, 0.25) is 5.89 Å². The second-order valence-corrected chi connectivity index (χ2v) is 6.88. The Morgan fingerprint density at radius 3 is 2.79 bits per heavy atom. The third-order valence-corrected chi connectivity index (χ3v) is 3.56. The topological polar surface area (TPSA) is 87.4 Å². The third kappa shape index (κ3) is 5.38. The SMILES string of the molecule is Cc1cnc(-c2cccc(NC(=O)NCC(C)(C)CC(C)O)c2)o1. The Hall–Kier alpha value is -2.34. The number of carbonyl (C=O) groups is 1. The summed E-state index contributed by atoms with van der Waals surface area (Å²) < 4.78 is 5.50. The first-order valence-electron chi connectivity index (χ1n) is 8.01. The minimum Gasteiger partial charge on any atom is -0.441 e. The van der Waals surface area contributed by atoms with Crippen LogP contribution in [0.5, 0.6) is 0 Å². The number of amides is 2. The van der Waals surface area contributed by atoms with Crippen LogP contribution < -0.4 is 10.6 Å². The zero-order chi connectivity index (χ0) is 17.7. The molecule has 1 atom stereocenters. The van der Waals surface area contributed by atoms with Crippen molar-refractivity contribution in [2.75, 3.05) is 11.9 Å². The number of oxazole rings is 1. The molecule has 0 saturated carbocycles. The molecule has 3 N–H and O–H groups in total. The lowest BCUT2D eigenvalue weighted by Gasteiger charge is -2.26. The number of nitrogens with zero attached hydrogens (tertiary/aromatic N) is 1. The van der Waals surface area contributed by atoms with Gasteiger partial charge in [-0.05, 0) is 43.9 Å². The van der Waals surface area contributed by atoms with Crippen LogP contribution in [0, 0.1) is 12.3 Å². The maximum absolute atomic E-state index is 12.1. The second kappa shape index (κ2) is 7.49. The van der Waals surface area contributed by atoms with Gasteiger partial charge in [0.15, 0.2) is 0 Å². The van der Waals surface area contributed by atoms with Crippen LogP contribution in [-0.4, -0.2) is 28.8 Å². The Morgan fingerprint density at radius 2 is 2.17 bits per heavy atom. The average molecular weight is 331 g/mol. The number of aromatic nitrogens is 1. The van der Waals surface area contributed by atoms with Gasteiger partial charge in [-0.2, -0.15) is 0 Å². The van der Waals surface area contributed by atoms with E-state index < -0.39 is 6.10 Å². The number of aliphatic hydroxyl groups excluding tert-OH is 1. The minimum absolute atomic E-state index is 0.178. The Morgan fingerprint density at radius 1 is 1.42 bits per heavy atom. The summed E-state index contributed by atoms with van der Waals surface area (Å²) in [5.74, 6) is 1.26. The summed E-state index contributed by atoms with van der Waals surface area (Å²) in [5, 5.41) is 15.1. The van der Waals surface area contributed by atoms with Gasteiger partial charge in [-0.25, -0.2) is 9.78 Å². The molecular weight excluding hydrogens is 306 g/mol. The van der Waals surface area contributed by atoms with Gasteiger partial charge in [0.25, 0.3) is 0 Å². The van der Waals surface area contributed by atoms with Gasteiger partial charge in [0.05, 0.1) is 12.3 Å². The molecule has 0 fully saturated rings. The van der Waals surface area contributed by atoms with Gasteiger partial charge in [0.1, 0.15) is 5.76 Å². The largest absolute Gasteiger partial charge is 0.441 e. The lowest BCUT2D eigenvalue weighted by molar-refractivity contribution is 0.129. The van der Waals surface area contributed by atoms with E-state index in [1.54, 1.807) is 19.2 Å². The van der Waals surface area contributed by atoms with Gasteiger partial charge >= 0.3 is 6.03 Å². The molecule has 0 aliphatic rings. The van der Waals surface area contributed by atoms with Crippen molar-refractivity contribution in [2.45, 2.75) is 40.2 Å². The molecule has 6 nitrogen and oxygen atoms in total. The Bertz CT molecular complexity index is 692. The summed E-state index contributed by atoms with van der Waals surface area (Å²) in [6.45, 7) is 8.07. The molecule has 0 aliphatic heterocycles. The van der Waals surface area contributed by atoms with E-state index in [4.69, 9.17) is 4.42 Å². The van der Waals surface area contributed by atoms with Crippen molar-refractivity contribution < 1.29 is 14.3 Å². The van der Waals surface area contributed by atoms with Gasteiger partial charge in [-0.15, -0.1) is 0 Å². The first kappa shape index (κ1) is 18.0. The van der Waals surface area contributed by atoms with Crippen molar-refractivity contribution in [1.82, 2.24) is 10.3 Å². The van der Waals surface area contributed by atoms with Crippen LogP contribution in [-0.2, 0) is 0 Å². The van der Waals surface area contributed by atoms with Crippen LogP contribution in [0.25, 0.3) is 11.5 Å². The Balaban J connectivity index is 1.95. The summed E-state index contributed by atoms with van der Waals surface area (Å²) in [4.78, 5) is 16.3. The van der Waals surface area contributed by atoms with E-state index in [2.05, 4.69) is 15.6 Å². The van der Waals surface area contributed by atoms with Crippen LogP contribution in [0.1, 0.15) is 33.0 Å². The van der Waals surface area contributed by atoms with E-state index in [-0.39, 0.29) is 11.4 Å². The van der Waals surface area contributed by atoms with Crippen molar-refractivity contribution in [3.8, 4) is 11.5 Å². The fourth-order valence-corrected chi connectivity index (χ4v) is 2.58. The van der Waals surface area contributed by atoms with E-state index in [0.717, 1.165) is 11.3 Å². The number of nitrogens with one attached hydrogen (secondary N) is 2. The molecule has 2 rings (SSSR count). The molecular formula is C18H25N3O3. The maximum Gasteiger partial charge on any atom is 0.319 e. The number of benzene rings is 1. The van der Waals surface area contributed by atoms with E-state index in [1.807, 2.05) is 39.0 Å². The van der Waals surface area contributed by atoms with Crippen LogP contribution in [0.3, 0.4) is 0 Å². The van der Waals surface area contributed by atoms with Crippen LogP contribution in [0.15, 0.2) is 34.9 Å². The predicted molar refractivity (Wildman–Crippen MR) is 93.8 cm³/mol. The van der Waals surface area contributed by atoms with Crippen molar-refractivity contribution in [1.29, 1.82) is 0 Å². The van der Waals surface area contributed by atoms with Gasteiger partial charge in [0, 0.05) is 17.8 Å². The lowest BCUT2D eigenvalue weighted by atomic mass is 9.87. The van der Waals surface area contributed by atoms with Gasteiger partial charge < -0.3 is 20.2 Å². The highest BCUT2D eigenvalue weighted by Gasteiger charge is 2.21. The molecule has 24 heavy (non-hydrogen) atoms. The Kier molecular flexibility index (Phi) is 5.62. The highest BCUT2D eigenvalue weighted by molar-refractivity contribution is 5.89. The Labute approximate surface area is 142 Å². The zero-order valence-electron chi connectivity index (χ0n) is 14.6. The second-order valence-electron chi connectivity index (χ2n) is 6.88. The maximum atomic E-state index is 12.1. The first-order valence-corrected chi connectivity index (χ1v) is 8.01. The predicted octanol–water partition coefficient (Wildman–Crippen LogP) is 3.57. The van der Waals surface area contributed by atoms with E-state index in [9.17, 15) is 9.90 Å². The van der Waals surface area contributed by atoms with E-state index in [0.29, 0.717) is 24.5 Å². The summed E-state index contributed by atoms with van der Waals surface area (Å²) in [5.41, 5.74) is 1.28. The number of urea groups is 1. The molecule has 6 heteroatoms. The normalized spacial score (nSPS) is 12.7.